The van der Waals surface area contributed by atoms with Crippen LogP contribution >= 0.6 is 11.6 Å². The fourth-order valence-electron chi connectivity index (χ4n) is 2.46. The molecular weight excluding hydrogens is 367 g/mol. The van der Waals surface area contributed by atoms with E-state index in [9.17, 15) is 9.18 Å². The number of hydrogen-bond donors (Lipinski definition) is 2. The quantitative estimate of drug-likeness (QED) is 0.615. The van der Waals surface area contributed by atoms with E-state index in [0.29, 0.717) is 16.5 Å². The number of nitrogens with zero attached hydrogens (tertiary/aromatic N) is 2. The summed E-state index contributed by atoms with van der Waals surface area (Å²) in [5, 5.41) is 10.6. The van der Waals surface area contributed by atoms with Crippen molar-refractivity contribution < 1.29 is 9.18 Å². The Morgan fingerprint density at radius 2 is 1.78 bits per heavy atom. The standard InChI is InChI=1S/C20H20ClFN4O/c1-20(2,3)17-12-18(26(25-17)16-9-7-13(21)8-10-16)24-19(27)23-15-6-4-5-14(22)11-15/h4-12H,1-3H3,(H2,23,24,27). The van der Waals surface area contributed by atoms with Crippen LogP contribution in [0.4, 0.5) is 20.7 Å². The first-order chi connectivity index (χ1) is 12.7. The van der Waals surface area contributed by atoms with Crippen molar-refractivity contribution in [3.63, 3.8) is 0 Å². The fourth-order valence-corrected chi connectivity index (χ4v) is 2.59. The summed E-state index contributed by atoms with van der Waals surface area (Å²) in [6.45, 7) is 6.12. The minimum Gasteiger partial charge on any atom is -0.308 e. The summed E-state index contributed by atoms with van der Waals surface area (Å²) in [6, 6.07) is 14.2. The number of aromatic nitrogens is 2. The van der Waals surface area contributed by atoms with E-state index in [2.05, 4.69) is 15.7 Å². The molecule has 0 bridgehead atoms. The Balaban J connectivity index is 1.90. The molecule has 0 saturated heterocycles. The molecule has 1 heterocycles. The number of rotatable bonds is 3. The predicted octanol–water partition coefficient (Wildman–Crippen LogP) is 5.61. The molecule has 0 aliphatic carbocycles. The highest BCUT2D eigenvalue weighted by molar-refractivity contribution is 6.30. The zero-order valence-electron chi connectivity index (χ0n) is 15.3. The van der Waals surface area contributed by atoms with E-state index in [1.54, 1.807) is 22.9 Å². The number of hydrogen-bond acceptors (Lipinski definition) is 2. The van der Waals surface area contributed by atoms with Crippen LogP contribution in [0.25, 0.3) is 5.69 Å². The zero-order chi connectivity index (χ0) is 19.6. The van der Waals surface area contributed by atoms with Crippen molar-refractivity contribution in [2.75, 3.05) is 10.6 Å². The number of amides is 2. The maximum atomic E-state index is 13.3. The van der Waals surface area contributed by atoms with Crippen molar-refractivity contribution in [3.05, 3.63) is 71.1 Å². The maximum absolute atomic E-state index is 13.3. The Hall–Kier alpha value is -2.86. The Morgan fingerprint density at radius 3 is 2.41 bits per heavy atom. The van der Waals surface area contributed by atoms with Crippen molar-refractivity contribution in [1.29, 1.82) is 0 Å². The summed E-state index contributed by atoms with van der Waals surface area (Å²) in [7, 11) is 0. The number of anilines is 2. The monoisotopic (exact) mass is 386 g/mol. The van der Waals surface area contributed by atoms with E-state index in [4.69, 9.17) is 11.6 Å². The highest BCUT2D eigenvalue weighted by Crippen LogP contribution is 2.27. The molecule has 0 fully saturated rings. The Kier molecular flexibility index (Phi) is 5.19. The Labute approximate surface area is 162 Å². The van der Waals surface area contributed by atoms with Crippen LogP contribution in [-0.4, -0.2) is 15.8 Å². The average molecular weight is 387 g/mol. The van der Waals surface area contributed by atoms with Crippen molar-refractivity contribution in [3.8, 4) is 5.69 Å². The summed E-state index contributed by atoms with van der Waals surface area (Å²) in [4.78, 5) is 12.4. The van der Waals surface area contributed by atoms with E-state index in [0.717, 1.165) is 11.4 Å². The van der Waals surface area contributed by atoms with E-state index in [1.165, 1.54) is 18.2 Å². The molecule has 3 aromatic rings. The molecule has 0 atom stereocenters. The normalized spacial score (nSPS) is 11.3. The first-order valence-electron chi connectivity index (χ1n) is 8.42. The Morgan fingerprint density at radius 1 is 1.07 bits per heavy atom. The van der Waals surface area contributed by atoms with Crippen LogP contribution in [0.5, 0.6) is 0 Å². The molecule has 140 valence electrons. The lowest BCUT2D eigenvalue weighted by Gasteiger charge is -2.14. The molecule has 0 saturated carbocycles. The molecule has 1 aromatic heterocycles. The minimum absolute atomic E-state index is 0.201. The summed E-state index contributed by atoms with van der Waals surface area (Å²) in [5.74, 6) is 0.0742. The van der Waals surface area contributed by atoms with Gasteiger partial charge in [-0.05, 0) is 42.5 Å². The second-order valence-corrected chi connectivity index (χ2v) is 7.58. The predicted molar refractivity (Wildman–Crippen MR) is 106 cm³/mol. The summed E-state index contributed by atoms with van der Waals surface area (Å²) in [6.07, 6.45) is 0. The SMILES string of the molecule is CC(C)(C)c1cc(NC(=O)Nc2cccc(F)c2)n(-c2ccc(Cl)cc2)n1. The number of nitrogens with one attached hydrogen (secondary N) is 2. The van der Waals surface area contributed by atoms with E-state index >= 15 is 0 Å². The van der Waals surface area contributed by atoms with Gasteiger partial charge >= 0.3 is 6.03 Å². The van der Waals surface area contributed by atoms with Gasteiger partial charge in [-0.3, -0.25) is 5.32 Å². The molecule has 5 nitrogen and oxygen atoms in total. The highest BCUT2D eigenvalue weighted by atomic mass is 35.5. The summed E-state index contributed by atoms with van der Waals surface area (Å²) < 4.78 is 14.9. The highest BCUT2D eigenvalue weighted by Gasteiger charge is 2.21. The number of benzene rings is 2. The average Bonchev–Trinajstić information content (AvgIpc) is 2.99. The molecule has 2 N–H and O–H groups in total. The van der Waals surface area contributed by atoms with E-state index in [1.807, 2.05) is 39.0 Å². The van der Waals surface area contributed by atoms with E-state index in [-0.39, 0.29) is 5.41 Å². The number of carbonyl (C=O) groups is 1. The number of halogens is 2. The van der Waals surface area contributed by atoms with Gasteiger partial charge in [-0.1, -0.05) is 38.4 Å². The van der Waals surface area contributed by atoms with Gasteiger partial charge in [0.2, 0.25) is 0 Å². The molecule has 0 aliphatic rings. The fraction of sp³-hybridized carbons (Fsp3) is 0.200. The Bertz CT molecular complexity index is 961. The van der Waals surface area contributed by atoms with Crippen LogP contribution < -0.4 is 10.6 Å². The molecule has 2 amide bonds. The maximum Gasteiger partial charge on any atom is 0.324 e. The van der Waals surface area contributed by atoms with E-state index < -0.39 is 11.8 Å². The van der Waals surface area contributed by atoms with Gasteiger partial charge in [-0.15, -0.1) is 0 Å². The summed E-state index contributed by atoms with van der Waals surface area (Å²) >= 11 is 5.96. The molecule has 0 unspecified atom stereocenters. The molecule has 2 aromatic carbocycles. The second-order valence-electron chi connectivity index (χ2n) is 7.14. The van der Waals surface area contributed by atoms with Crippen LogP contribution in [0, 0.1) is 5.82 Å². The van der Waals surface area contributed by atoms with Crippen LogP contribution in [-0.2, 0) is 5.41 Å². The van der Waals surface area contributed by atoms with Crippen LogP contribution in [0.3, 0.4) is 0 Å². The third-order valence-electron chi connectivity index (χ3n) is 3.87. The summed E-state index contributed by atoms with van der Waals surface area (Å²) in [5.41, 5.74) is 1.74. The molecular formula is C20H20ClFN4O. The third kappa shape index (κ3) is 4.65. The van der Waals surface area contributed by atoms with Crippen LogP contribution in [0.1, 0.15) is 26.5 Å². The first kappa shape index (κ1) is 18.9. The molecule has 0 spiro atoms. The third-order valence-corrected chi connectivity index (χ3v) is 4.13. The van der Waals surface area contributed by atoms with Gasteiger partial charge < -0.3 is 5.32 Å². The lowest BCUT2D eigenvalue weighted by Crippen LogP contribution is -2.21. The molecule has 0 radical (unpaired) electrons. The molecule has 27 heavy (non-hydrogen) atoms. The molecule has 0 aliphatic heterocycles. The topological polar surface area (TPSA) is 59.0 Å². The van der Waals surface area contributed by atoms with Gasteiger partial charge in [0.05, 0.1) is 11.4 Å². The lowest BCUT2D eigenvalue weighted by molar-refractivity contribution is 0.262. The zero-order valence-corrected chi connectivity index (χ0v) is 16.0. The van der Waals surface area contributed by atoms with Gasteiger partial charge in [0, 0.05) is 22.2 Å². The van der Waals surface area contributed by atoms with Crippen LogP contribution in [0.2, 0.25) is 5.02 Å². The second kappa shape index (κ2) is 7.40. The smallest absolute Gasteiger partial charge is 0.308 e. The molecule has 3 rings (SSSR count). The van der Waals surface area contributed by atoms with Gasteiger partial charge in [-0.2, -0.15) is 5.10 Å². The van der Waals surface area contributed by atoms with Crippen molar-refractivity contribution in [2.24, 2.45) is 0 Å². The first-order valence-corrected chi connectivity index (χ1v) is 8.80. The van der Waals surface area contributed by atoms with Crippen molar-refractivity contribution in [2.45, 2.75) is 26.2 Å². The number of urea groups is 1. The van der Waals surface area contributed by atoms with Crippen molar-refractivity contribution in [1.82, 2.24) is 9.78 Å². The van der Waals surface area contributed by atoms with Gasteiger partial charge in [0.25, 0.3) is 0 Å². The largest absolute Gasteiger partial charge is 0.324 e. The van der Waals surface area contributed by atoms with Gasteiger partial charge in [0.15, 0.2) is 0 Å². The number of carbonyl (C=O) groups excluding carboxylic acids is 1. The van der Waals surface area contributed by atoms with Crippen molar-refractivity contribution >= 4 is 29.1 Å². The van der Waals surface area contributed by atoms with Crippen LogP contribution in [0.15, 0.2) is 54.6 Å². The molecule has 7 heteroatoms. The lowest BCUT2D eigenvalue weighted by atomic mass is 9.92. The van der Waals surface area contributed by atoms with Gasteiger partial charge in [0.1, 0.15) is 11.6 Å². The van der Waals surface area contributed by atoms with Gasteiger partial charge in [-0.25, -0.2) is 13.9 Å². The minimum atomic E-state index is -0.490.